The van der Waals surface area contributed by atoms with E-state index < -0.39 is 0 Å². The lowest BCUT2D eigenvalue weighted by molar-refractivity contribution is 0.650. The fourth-order valence-corrected chi connectivity index (χ4v) is 6.05. The molecule has 150 valence electrons. The molecule has 3 aromatic carbocycles. The van der Waals surface area contributed by atoms with Gasteiger partial charge in [0, 0.05) is 37.9 Å². The van der Waals surface area contributed by atoms with Crippen LogP contribution in [0.25, 0.3) is 34.4 Å². The summed E-state index contributed by atoms with van der Waals surface area (Å²) in [6, 6.07) is 24.5. The Morgan fingerprint density at radius 1 is 0.935 bits per heavy atom. The van der Waals surface area contributed by atoms with Crippen LogP contribution in [0, 0.1) is 0 Å². The molecule has 31 heavy (non-hydrogen) atoms. The number of allylic oxidation sites excluding steroid dienone is 1. The smallest absolute Gasteiger partial charge is 0.0571 e. The van der Waals surface area contributed by atoms with Gasteiger partial charge in [0.25, 0.3) is 0 Å². The van der Waals surface area contributed by atoms with E-state index in [-0.39, 0.29) is 6.04 Å². The Morgan fingerprint density at radius 3 is 2.74 bits per heavy atom. The van der Waals surface area contributed by atoms with Gasteiger partial charge in [-0.2, -0.15) is 0 Å². The third-order valence-corrected chi connectivity index (χ3v) is 7.48. The van der Waals surface area contributed by atoms with Gasteiger partial charge in [-0.05, 0) is 60.4 Å². The van der Waals surface area contributed by atoms with Gasteiger partial charge in [0.05, 0.1) is 16.9 Å². The zero-order valence-corrected chi connectivity index (χ0v) is 18.6. The van der Waals surface area contributed by atoms with Crippen molar-refractivity contribution in [1.29, 1.82) is 0 Å². The molecule has 3 aliphatic rings. The number of fused-ring (bicyclic) bond motifs is 5. The van der Waals surface area contributed by atoms with Gasteiger partial charge in [0.15, 0.2) is 0 Å². The van der Waals surface area contributed by atoms with E-state index in [4.69, 9.17) is 0 Å². The Kier molecular flexibility index (Phi) is 3.68. The summed E-state index contributed by atoms with van der Waals surface area (Å²) < 4.78 is 3.53. The molecule has 1 aliphatic heterocycles. The summed E-state index contributed by atoms with van der Waals surface area (Å²) in [6.07, 6.45) is 9.59. The molecule has 2 heterocycles. The molecule has 0 spiro atoms. The molecule has 4 aromatic rings. The van der Waals surface area contributed by atoms with E-state index in [0.717, 1.165) is 17.3 Å². The van der Waals surface area contributed by atoms with Crippen molar-refractivity contribution in [2.24, 2.45) is 0 Å². The molecule has 7 rings (SSSR count). The summed E-state index contributed by atoms with van der Waals surface area (Å²) in [5, 5.41) is 7.80. The molecule has 0 amide bonds. The molecule has 0 bridgehead atoms. The van der Waals surface area contributed by atoms with E-state index in [1.807, 2.05) is 0 Å². The summed E-state index contributed by atoms with van der Waals surface area (Å²) in [5.41, 5.74) is 8.15. The summed E-state index contributed by atoms with van der Waals surface area (Å²) in [5.74, 6) is 0.339. The van der Waals surface area contributed by atoms with E-state index in [1.165, 1.54) is 49.5 Å². The van der Waals surface area contributed by atoms with Crippen LogP contribution in [0.5, 0.6) is 0 Å². The van der Waals surface area contributed by atoms with Crippen molar-refractivity contribution in [1.82, 2.24) is 9.88 Å². The molecule has 2 nitrogen and oxygen atoms in total. The first kappa shape index (κ1) is 17.6. The van der Waals surface area contributed by atoms with E-state index >= 15 is 0 Å². The lowest BCUT2D eigenvalue weighted by Crippen LogP contribution is -2.45. The molecule has 2 unspecified atom stereocenters. The lowest BCUT2D eigenvalue weighted by atomic mass is 9.77. The maximum Gasteiger partial charge on any atom is 0.0571 e. The number of nitrogens with one attached hydrogen (secondary N) is 1. The predicted octanol–water partition coefficient (Wildman–Crippen LogP) is 5.01. The normalized spacial score (nSPS) is 20.5. The highest BCUT2D eigenvalue weighted by Crippen LogP contribution is 2.40. The fraction of sp³-hybridized carbons (Fsp3) is 0.143. The maximum absolute atomic E-state index is 3.88. The van der Waals surface area contributed by atoms with Crippen LogP contribution >= 0.6 is 15.9 Å². The van der Waals surface area contributed by atoms with Gasteiger partial charge < -0.3 is 9.88 Å². The van der Waals surface area contributed by atoms with Crippen molar-refractivity contribution in [3.63, 3.8) is 0 Å². The number of para-hydroxylation sites is 1. The lowest BCUT2D eigenvalue weighted by Gasteiger charge is -2.37. The molecule has 1 N–H and O–H groups in total. The zero-order valence-electron chi connectivity index (χ0n) is 17.0. The second-order valence-corrected chi connectivity index (χ2v) is 9.61. The van der Waals surface area contributed by atoms with Gasteiger partial charge >= 0.3 is 0 Å². The summed E-state index contributed by atoms with van der Waals surface area (Å²) in [6.45, 7) is 0. The standard InChI is InChI=1S/C28H21BrN2/c29-18-12-13-26-22(14-18)23-15-21-20-10-4-6-17-7-5-11-24(28(17)20)30-25(21)16-27(23)31(26)19-8-2-1-3-9-19/h1-4,6,8-16,21,25,30H,5,7H2. The van der Waals surface area contributed by atoms with Gasteiger partial charge in [-0.25, -0.2) is 0 Å². The van der Waals surface area contributed by atoms with Crippen molar-refractivity contribution in [2.75, 3.05) is 0 Å². The highest BCUT2D eigenvalue weighted by atomic mass is 79.9. The van der Waals surface area contributed by atoms with E-state index in [0.29, 0.717) is 5.92 Å². The first-order valence-corrected chi connectivity index (χ1v) is 11.8. The number of nitrogens with zero attached hydrogens (tertiary/aromatic N) is 1. The molecule has 0 fully saturated rings. The summed E-state index contributed by atoms with van der Waals surface area (Å²) >= 11 is 3.70. The Bertz CT molecular complexity index is 1530. The largest absolute Gasteiger partial charge is 0.378 e. The molecular formula is C28H21BrN2. The molecule has 3 heteroatoms. The Morgan fingerprint density at radius 2 is 1.84 bits per heavy atom. The number of benzene rings is 3. The van der Waals surface area contributed by atoms with Gasteiger partial charge in [0.2, 0.25) is 0 Å². The minimum atomic E-state index is 0.259. The third-order valence-electron chi connectivity index (χ3n) is 6.99. The Hall–Kier alpha value is -3.04. The van der Waals surface area contributed by atoms with Crippen molar-refractivity contribution in [3.8, 4) is 5.69 Å². The highest BCUT2D eigenvalue weighted by Gasteiger charge is 2.33. The van der Waals surface area contributed by atoms with Crippen LogP contribution in [0.3, 0.4) is 0 Å². The van der Waals surface area contributed by atoms with Gasteiger partial charge in [-0.1, -0.05) is 64.5 Å². The van der Waals surface area contributed by atoms with Crippen molar-refractivity contribution < 1.29 is 0 Å². The van der Waals surface area contributed by atoms with Crippen LogP contribution in [0.15, 0.2) is 77.3 Å². The van der Waals surface area contributed by atoms with E-state index in [9.17, 15) is 0 Å². The Balaban J connectivity index is 1.57. The minimum absolute atomic E-state index is 0.259. The summed E-state index contributed by atoms with van der Waals surface area (Å²) in [4.78, 5) is 0. The second kappa shape index (κ2) is 6.48. The van der Waals surface area contributed by atoms with Crippen molar-refractivity contribution in [2.45, 2.75) is 24.8 Å². The van der Waals surface area contributed by atoms with Crippen LogP contribution in [0.4, 0.5) is 0 Å². The zero-order chi connectivity index (χ0) is 20.5. The SMILES string of the molecule is Brc1ccc2c(c1)c1c(n2-c2ccccc2)=CC2NC3=CCCc4cccc(c43)C2C=1. The third kappa shape index (κ3) is 2.50. The second-order valence-electron chi connectivity index (χ2n) is 8.70. The van der Waals surface area contributed by atoms with E-state index in [2.05, 4.69) is 111 Å². The van der Waals surface area contributed by atoms with E-state index in [1.54, 1.807) is 0 Å². The summed E-state index contributed by atoms with van der Waals surface area (Å²) in [7, 11) is 0. The number of hydrogen-bond donors (Lipinski definition) is 1. The van der Waals surface area contributed by atoms with Crippen molar-refractivity contribution in [3.05, 3.63) is 105 Å². The molecular weight excluding hydrogens is 444 g/mol. The highest BCUT2D eigenvalue weighted by molar-refractivity contribution is 9.10. The van der Waals surface area contributed by atoms with Crippen LogP contribution < -0.4 is 15.9 Å². The molecule has 0 saturated heterocycles. The van der Waals surface area contributed by atoms with Gasteiger partial charge in [-0.3, -0.25) is 0 Å². The van der Waals surface area contributed by atoms with Crippen LogP contribution in [0.1, 0.15) is 29.0 Å². The number of rotatable bonds is 1. The number of aromatic nitrogens is 1. The van der Waals surface area contributed by atoms with Gasteiger partial charge in [0.1, 0.15) is 0 Å². The van der Waals surface area contributed by atoms with Crippen LogP contribution in [-0.4, -0.2) is 10.6 Å². The van der Waals surface area contributed by atoms with Gasteiger partial charge in [-0.15, -0.1) is 0 Å². The monoisotopic (exact) mass is 464 g/mol. The predicted molar refractivity (Wildman–Crippen MR) is 132 cm³/mol. The first-order valence-electron chi connectivity index (χ1n) is 11.0. The van der Waals surface area contributed by atoms with Crippen molar-refractivity contribution >= 4 is 44.7 Å². The average molecular weight is 465 g/mol. The maximum atomic E-state index is 3.88. The first-order chi connectivity index (χ1) is 15.3. The number of hydrogen-bond acceptors (Lipinski definition) is 1. The fourth-order valence-electron chi connectivity index (χ4n) is 5.69. The quantitative estimate of drug-likeness (QED) is 0.418. The topological polar surface area (TPSA) is 17.0 Å². The molecule has 2 atom stereocenters. The minimum Gasteiger partial charge on any atom is -0.378 e. The molecule has 1 aromatic heterocycles. The molecule has 0 saturated carbocycles. The molecule has 0 radical (unpaired) electrons. The Labute approximate surface area is 189 Å². The number of halogens is 1. The van der Waals surface area contributed by atoms with Crippen LogP contribution in [0.2, 0.25) is 0 Å². The molecule has 2 aliphatic carbocycles. The number of aryl methyl sites for hydroxylation is 1. The van der Waals surface area contributed by atoms with Crippen LogP contribution in [-0.2, 0) is 6.42 Å². The average Bonchev–Trinajstić information content (AvgIpc) is 3.11.